The van der Waals surface area contributed by atoms with Crippen LogP contribution in [0.5, 0.6) is 0 Å². The average molecular weight is 301 g/mol. The molecule has 0 radical (unpaired) electrons. The quantitative estimate of drug-likeness (QED) is 0.929. The third-order valence-electron chi connectivity index (χ3n) is 4.16. The maximum absolute atomic E-state index is 14.1. The van der Waals surface area contributed by atoms with Gasteiger partial charge in [-0.3, -0.25) is 4.90 Å². The van der Waals surface area contributed by atoms with E-state index in [1.165, 1.54) is 6.07 Å². The minimum atomic E-state index is -0.255. The predicted molar refractivity (Wildman–Crippen MR) is 79.4 cm³/mol. The molecule has 5 heteroatoms. The Labute approximate surface area is 124 Å². The summed E-state index contributed by atoms with van der Waals surface area (Å²) in [6.45, 7) is 4.09. The molecule has 0 aliphatic carbocycles. The van der Waals surface area contributed by atoms with Crippen LogP contribution in [0.1, 0.15) is 31.4 Å². The summed E-state index contributed by atoms with van der Waals surface area (Å²) in [4.78, 5) is 2.20. The largest absolute Gasteiger partial charge is 0.377 e. The van der Waals surface area contributed by atoms with Crippen LogP contribution in [-0.2, 0) is 4.74 Å². The number of likely N-dealkylation sites (tertiary alicyclic amines) is 1. The van der Waals surface area contributed by atoms with Crippen LogP contribution >= 0.6 is 11.6 Å². The van der Waals surface area contributed by atoms with Crippen LogP contribution in [0.15, 0.2) is 18.2 Å². The molecule has 1 fully saturated rings. The summed E-state index contributed by atoms with van der Waals surface area (Å²) in [5.74, 6) is -0.255. The fourth-order valence-corrected chi connectivity index (χ4v) is 3.10. The maximum atomic E-state index is 14.1. The molecule has 1 saturated heterocycles. The topological polar surface area (TPSA) is 38.5 Å². The molecule has 2 N–H and O–H groups in total. The Bertz CT molecular complexity index is 471. The van der Waals surface area contributed by atoms with Crippen molar-refractivity contribution in [2.75, 3.05) is 26.7 Å². The second-order valence-electron chi connectivity index (χ2n) is 5.65. The summed E-state index contributed by atoms with van der Waals surface area (Å²) in [5.41, 5.74) is 6.27. The minimum Gasteiger partial charge on any atom is -0.377 e. The van der Waals surface area contributed by atoms with Gasteiger partial charge < -0.3 is 10.5 Å². The second kappa shape index (κ2) is 6.39. The zero-order valence-corrected chi connectivity index (χ0v) is 12.8. The molecule has 2 unspecified atom stereocenters. The molecule has 1 aliphatic heterocycles. The molecule has 1 heterocycles. The van der Waals surface area contributed by atoms with E-state index >= 15 is 0 Å². The van der Waals surface area contributed by atoms with E-state index in [2.05, 4.69) is 11.8 Å². The number of nitrogens with two attached hydrogens (primary N) is 1. The van der Waals surface area contributed by atoms with Gasteiger partial charge in [0, 0.05) is 30.8 Å². The molecule has 0 saturated carbocycles. The third-order valence-corrected chi connectivity index (χ3v) is 4.40. The van der Waals surface area contributed by atoms with Crippen molar-refractivity contribution in [3.8, 4) is 0 Å². The molecule has 112 valence electrons. The van der Waals surface area contributed by atoms with Crippen LogP contribution in [0.3, 0.4) is 0 Å². The van der Waals surface area contributed by atoms with Crippen molar-refractivity contribution in [3.05, 3.63) is 34.6 Å². The Balaban J connectivity index is 2.25. The highest BCUT2D eigenvalue weighted by atomic mass is 35.5. The Morgan fingerprint density at radius 3 is 2.95 bits per heavy atom. The van der Waals surface area contributed by atoms with Crippen LogP contribution < -0.4 is 5.73 Å². The number of benzene rings is 1. The number of halogens is 2. The van der Waals surface area contributed by atoms with Gasteiger partial charge in [-0.25, -0.2) is 4.39 Å². The second-order valence-corrected chi connectivity index (χ2v) is 6.08. The Morgan fingerprint density at radius 1 is 1.55 bits per heavy atom. The fraction of sp³-hybridized carbons (Fsp3) is 0.600. The van der Waals surface area contributed by atoms with Crippen molar-refractivity contribution >= 4 is 11.6 Å². The molecule has 2 rings (SSSR count). The van der Waals surface area contributed by atoms with E-state index in [-0.39, 0.29) is 17.5 Å². The van der Waals surface area contributed by atoms with Gasteiger partial charge in [0.15, 0.2) is 0 Å². The van der Waals surface area contributed by atoms with Gasteiger partial charge in [-0.05, 0) is 44.5 Å². The van der Waals surface area contributed by atoms with Crippen molar-refractivity contribution < 1.29 is 9.13 Å². The lowest BCUT2D eigenvalue weighted by atomic mass is 9.92. The molecular weight excluding hydrogens is 279 g/mol. The lowest BCUT2D eigenvalue weighted by Gasteiger charge is -2.43. The van der Waals surface area contributed by atoms with E-state index in [0.29, 0.717) is 17.1 Å². The van der Waals surface area contributed by atoms with Crippen LogP contribution in [0, 0.1) is 5.82 Å². The average Bonchev–Trinajstić information content (AvgIpc) is 2.44. The minimum absolute atomic E-state index is 0.163. The fourth-order valence-electron chi connectivity index (χ4n) is 2.92. The first-order valence-corrected chi connectivity index (χ1v) is 7.31. The number of hydrogen-bond acceptors (Lipinski definition) is 3. The molecule has 2 atom stereocenters. The number of nitrogens with zero attached hydrogens (tertiary/aromatic N) is 1. The van der Waals surface area contributed by atoms with Crippen molar-refractivity contribution in [1.29, 1.82) is 0 Å². The Kier molecular flexibility index (Phi) is 5.02. The highest BCUT2D eigenvalue weighted by molar-refractivity contribution is 6.30. The Morgan fingerprint density at radius 2 is 2.30 bits per heavy atom. The maximum Gasteiger partial charge on any atom is 0.128 e. The van der Waals surface area contributed by atoms with Gasteiger partial charge in [-0.15, -0.1) is 0 Å². The monoisotopic (exact) mass is 300 g/mol. The normalized spacial score (nSPS) is 25.6. The van der Waals surface area contributed by atoms with E-state index in [1.54, 1.807) is 19.2 Å². The van der Waals surface area contributed by atoms with E-state index in [4.69, 9.17) is 22.1 Å². The molecule has 20 heavy (non-hydrogen) atoms. The van der Waals surface area contributed by atoms with Crippen LogP contribution in [-0.4, -0.2) is 37.2 Å². The molecule has 1 aromatic rings. The summed E-state index contributed by atoms with van der Waals surface area (Å²) in [5, 5.41) is 0.534. The summed E-state index contributed by atoms with van der Waals surface area (Å²) >= 11 is 5.99. The highest BCUT2D eigenvalue weighted by Gasteiger charge is 2.34. The van der Waals surface area contributed by atoms with Gasteiger partial charge in [-0.1, -0.05) is 11.6 Å². The van der Waals surface area contributed by atoms with Crippen molar-refractivity contribution in [2.24, 2.45) is 5.73 Å². The first-order chi connectivity index (χ1) is 9.49. The summed E-state index contributed by atoms with van der Waals surface area (Å²) in [7, 11) is 1.72. The molecule has 0 bridgehead atoms. The van der Waals surface area contributed by atoms with Gasteiger partial charge in [0.1, 0.15) is 5.82 Å². The number of hydrogen-bond donors (Lipinski definition) is 1. The van der Waals surface area contributed by atoms with Gasteiger partial charge in [0.25, 0.3) is 0 Å². The summed E-state index contributed by atoms with van der Waals surface area (Å²) in [6, 6.07) is 4.47. The van der Waals surface area contributed by atoms with E-state index < -0.39 is 0 Å². The van der Waals surface area contributed by atoms with E-state index in [9.17, 15) is 4.39 Å². The molecule has 0 aromatic heterocycles. The van der Waals surface area contributed by atoms with Gasteiger partial charge in [0.2, 0.25) is 0 Å². The summed E-state index contributed by atoms with van der Waals surface area (Å²) < 4.78 is 19.7. The molecule has 1 aliphatic rings. The Hall–Kier alpha value is -0.680. The van der Waals surface area contributed by atoms with Crippen molar-refractivity contribution in [2.45, 2.75) is 31.4 Å². The zero-order valence-electron chi connectivity index (χ0n) is 12.0. The third kappa shape index (κ3) is 3.31. The SMILES string of the molecule is COC1(C)CCCN(C(CN)c2cc(Cl)ccc2F)C1. The number of methoxy groups -OCH3 is 1. The molecule has 0 spiro atoms. The number of piperidine rings is 1. The van der Waals surface area contributed by atoms with E-state index in [0.717, 1.165) is 25.9 Å². The highest BCUT2D eigenvalue weighted by Crippen LogP contribution is 2.32. The summed E-state index contributed by atoms with van der Waals surface area (Å²) in [6.07, 6.45) is 2.03. The van der Waals surface area contributed by atoms with Gasteiger partial charge in [0.05, 0.1) is 11.6 Å². The standard InChI is InChI=1S/C15H22ClFN2O/c1-15(20-2)6-3-7-19(10-15)14(9-18)12-8-11(16)4-5-13(12)17/h4-5,8,14H,3,6-7,9-10,18H2,1-2H3. The zero-order chi connectivity index (χ0) is 14.8. The first kappa shape index (κ1) is 15.7. The molecular formula is C15H22ClFN2O. The smallest absolute Gasteiger partial charge is 0.128 e. The molecule has 1 aromatic carbocycles. The van der Waals surface area contributed by atoms with Crippen molar-refractivity contribution in [3.63, 3.8) is 0 Å². The molecule has 3 nitrogen and oxygen atoms in total. The van der Waals surface area contributed by atoms with E-state index in [1.807, 2.05) is 0 Å². The predicted octanol–water partition coefficient (Wildman–Crippen LogP) is 2.98. The lowest BCUT2D eigenvalue weighted by Crippen LogP contribution is -2.50. The van der Waals surface area contributed by atoms with Crippen LogP contribution in [0.25, 0.3) is 0 Å². The number of ether oxygens (including phenoxy) is 1. The van der Waals surface area contributed by atoms with Gasteiger partial charge in [-0.2, -0.15) is 0 Å². The van der Waals surface area contributed by atoms with Gasteiger partial charge >= 0.3 is 0 Å². The van der Waals surface area contributed by atoms with Crippen molar-refractivity contribution in [1.82, 2.24) is 4.90 Å². The number of rotatable bonds is 4. The lowest BCUT2D eigenvalue weighted by molar-refractivity contribution is -0.0611. The molecule has 0 amide bonds. The first-order valence-electron chi connectivity index (χ1n) is 6.93. The van der Waals surface area contributed by atoms with Crippen LogP contribution in [0.4, 0.5) is 4.39 Å². The van der Waals surface area contributed by atoms with Crippen LogP contribution in [0.2, 0.25) is 5.02 Å².